The zero-order valence-electron chi connectivity index (χ0n) is 8.35. The van der Waals surface area contributed by atoms with Crippen molar-refractivity contribution in [1.29, 1.82) is 0 Å². The number of isothiocyanates is 1. The minimum Gasteiger partial charge on any atom is -0.194 e. The standard InChI is InChI=1S/C13H8ClNS/c14-11-7-5-10(6-8-11)12-3-1-2-4-13(12)15-9-16/h1-8H. The average Bonchev–Trinajstić information content (AvgIpc) is 2.32. The minimum atomic E-state index is 0.722. The number of hydrogen-bond acceptors (Lipinski definition) is 2. The molecule has 0 aliphatic carbocycles. The van der Waals surface area contributed by atoms with Gasteiger partial charge in [0.1, 0.15) is 0 Å². The molecule has 78 valence electrons. The van der Waals surface area contributed by atoms with E-state index >= 15 is 0 Å². The van der Waals surface area contributed by atoms with Crippen LogP contribution >= 0.6 is 23.8 Å². The van der Waals surface area contributed by atoms with E-state index in [1.807, 2.05) is 48.5 Å². The van der Waals surface area contributed by atoms with Crippen molar-refractivity contribution in [3.63, 3.8) is 0 Å². The molecule has 0 saturated carbocycles. The molecule has 16 heavy (non-hydrogen) atoms. The van der Waals surface area contributed by atoms with Crippen molar-refractivity contribution in [2.75, 3.05) is 0 Å². The van der Waals surface area contributed by atoms with E-state index in [1.165, 1.54) is 0 Å². The molecule has 1 nitrogen and oxygen atoms in total. The lowest BCUT2D eigenvalue weighted by Gasteiger charge is -2.04. The summed E-state index contributed by atoms with van der Waals surface area (Å²) in [6.07, 6.45) is 0. The monoisotopic (exact) mass is 245 g/mol. The second kappa shape index (κ2) is 5.04. The number of hydrogen-bond donors (Lipinski definition) is 0. The van der Waals surface area contributed by atoms with E-state index < -0.39 is 0 Å². The summed E-state index contributed by atoms with van der Waals surface area (Å²) in [5, 5.41) is 3.11. The largest absolute Gasteiger partial charge is 0.194 e. The second-order valence-corrected chi connectivity index (χ2v) is 3.85. The van der Waals surface area contributed by atoms with Crippen molar-refractivity contribution in [3.05, 3.63) is 53.6 Å². The van der Waals surface area contributed by atoms with Crippen LogP contribution in [0.25, 0.3) is 11.1 Å². The first-order valence-electron chi connectivity index (χ1n) is 4.74. The van der Waals surface area contributed by atoms with E-state index in [0.29, 0.717) is 0 Å². The van der Waals surface area contributed by atoms with Crippen LogP contribution in [0.15, 0.2) is 53.5 Å². The molecular formula is C13H8ClNS. The third-order valence-electron chi connectivity index (χ3n) is 2.23. The zero-order valence-corrected chi connectivity index (χ0v) is 9.92. The highest BCUT2D eigenvalue weighted by Gasteiger charge is 2.02. The maximum Gasteiger partial charge on any atom is 0.0817 e. The van der Waals surface area contributed by atoms with Crippen LogP contribution in [0.4, 0.5) is 5.69 Å². The lowest BCUT2D eigenvalue weighted by atomic mass is 10.0. The van der Waals surface area contributed by atoms with Crippen LogP contribution in [-0.2, 0) is 0 Å². The van der Waals surface area contributed by atoms with Crippen molar-refractivity contribution in [2.45, 2.75) is 0 Å². The normalized spacial score (nSPS) is 9.56. The molecule has 0 aromatic heterocycles. The SMILES string of the molecule is S=C=Nc1ccccc1-c1ccc(Cl)cc1. The van der Waals surface area contributed by atoms with Crippen LogP contribution in [0, 0.1) is 0 Å². The van der Waals surface area contributed by atoms with Crippen molar-refractivity contribution < 1.29 is 0 Å². The molecule has 0 unspecified atom stereocenters. The molecule has 2 rings (SSSR count). The second-order valence-electron chi connectivity index (χ2n) is 3.23. The number of aliphatic imine (C=N–C) groups is 1. The predicted octanol–water partition coefficient (Wildman–Crippen LogP) is 4.74. The Morgan fingerprint density at radius 2 is 1.69 bits per heavy atom. The summed E-state index contributed by atoms with van der Waals surface area (Å²) in [5.74, 6) is 0. The molecule has 2 aromatic carbocycles. The van der Waals surface area contributed by atoms with Gasteiger partial charge in [-0.3, -0.25) is 0 Å². The summed E-state index contributed by atoms with van der Waals surface area (Å²) in [5.41, 5.74) is 2.91. The van der Waals surface area contributed by atoms with E-state index in [1.54, 1.807) is 0 Å². The quantitative estimate of drug-likeness (QED) is 0.550. The lowest BCUT2D eigenvalue weighted by Crippen LogP contribution is -1.78. The van der Waals surface area contributed by atoms with Crippen LogP contribution in [-0.4, -0.2) is 5.16 Å². The molecule has 2 aromatic rings. The topological polar surface area (TPSA) is 12.4 Å². The molecule has 0 atom stereocenters. The summed E-state index contributed by atoms with van der Waals surface area (Å²) in [7, 11) is 0. The summed E-state index contributed by atoms with van der Waals surface area (Å²) in [6.45, 7) is 0. The molecule has 0 aliphatic heterocycles. The van der Waals surface area contributed by atoms with Crippen LogP contribution in [0.3, 0.4) is 0 Å². The Balaban J connectivity index is 2.55. The van der Waals surface area contributed by atoms with Gasteiger partial charge in [0.2, 0.25) is 0 Å². The molecule has 0 bridgehead atoms. The average molecular weight is 246 g/mol. The highest BCUT2D eigenvalue weighted by atomic mass is 35.5. The van der Waals surface area contributed by atoms with Crippen LogP contribution in [0.5, 0.6) is 0 Å². The Bertz CT molecular complexity index is 542. The predicted molar refractivity (Wildman–Crippen MR) is 71.6 cm³/mol. The third-order valence-corrected chi connectivity index (χ3v) is 2.57. The molecule has 0 spiro atoms. The van der Waals surface area contributed by atoms with Gasteiger partial charge in [0, 0.05) is 10.6 Å². The first-order chi connectivity index (χ1) is 7.81. The van der Waals surface area contributed by atoms with Crippen molar-refractivity contribution >= 4 is 34.7 Å². The molecular weight excluding hydrogens is 238 g/mol. The van der Waals surface area contributed by atoms with Gasteiger partial charge in [0.25, 0.3) is 0 Å². The van der Waals surface area contributed by atoms with Gasteiger partial charge in [-0.25, -0.2) is 0 Å². The molecule has 0 radical (unpaired) electrons. The van der Waals surface area contributed by atoms with E-state index in [4.69, 9.17) is 11.6 Å². The maximum atomic E-state index is 5.85. The van der Waals surface area contributed by atoms with Gasteiger partial charge in [-0.05, 0) is 36.0 Å². The Morgan fingerprint density at radius 1 is 1.00 bits per heavy atom. The summed E-state index contributed by atoms with van der Waals surface area (Å²) in [6, 6.07) is 15.4. The van der Waals surface area contributed by atoms with Gasteiger partial charge in [-0.1, -0.05) is 41.9 Å². The first kappa shape index (κ1) is 11.0. The molecule has 0 fully saturated rings. The van der Waals surface area contributed by atoms with Gasteiger partial charge in [-0.15, -0.1) is 0 Å². The summed E-state index contributed by atoms with van der Waals surface area (Å²) in [4.78, 5) is 4.04. The fourth-order valence-electron chi connectivity index (χ4n) is 1.49. The third kappa shape index (κ3) is 2.37. The summed E-state index contributed by atoms with van der Waals surface area (Å²) < 4.78 is 0. The first-order valence-corrected chi connectivity index (χ1v) is 5.53. The van der Waals surface area contributed by atoms with E-state index in [0.717, 1.165) is 21.8 Å². The van der Waals surface area contributed by atoms with Gasteiger partial charge in [-0.2, -0.15) is 4.99 Å². The van der Waals surface area contributed by atoms with Gasteiger partial charge in [0.05, 0.1) is 10.8 Å². The van der Waals surface area contributed by atoms with Crippen molar-refractivity contribution in [2.24, 2.45) is 4.99 Å². The van der Waals surface area contributed by atoms with E-state index in [-0.39, 0.29) is 0 Å². The highest BCUT2D eigenvalue weighted by Crippen LogP contribution is 2.30. The molecule has 0 N–H and O–H groups in total. The number of rotatable bonds is 2. The van der Waals surface area contributed by atoms with Crippen LogP contribution in [0.2, 0.25) is 5.02 Å². The molecule has 0 saturated heterocycles. The molecule has 3 heteroatoms. The van der Waals surface area contributed by atoms with Gasteiger partial charge >= 0.3 is 0 Å². The Hall–Kier alpha value is -1.47. The highest BCUT2D eigenvalue weighted by molar-refractivity contribution is 7.78. The number of para-hydroxylation sites is 1. The van der Waals surface area contributed by atoms with Gasteiger partial charge < -0.3 is 0 Å². The number of halogens is 1. The Morgan fingerprint density at radius 3 is 2.38 bits per heavy atom. The molecule has 0 aliphatic rings. The Labute approximate surface area is 104 Å². The Kier molecular flexibility index (Phi) is 3.47. The fourth-order valence-corrected chi connectivity index (χ4v) is 1.72. The van der Waals surface area contributed by atoms with Gasteiger partial charge in [0.15, 0.2) is 0 Å². The number of benzene rings is 2. The molecule has 0 amide bonds. The van der Waals surface area contributed by atoms with Crippen molar-refractivity contribution in [1.82, 2.24) is 0 Å². The number of nitrogens with zero attached hydrogens (tertiary/aromatic N) is 1. The molecule has 0 heterocycles. The summed E-state index contributed by atoms with van der Waals surface area (Å²) >= 11 is 10.5. The van der Waals surface area contributed by atoms with Crippen LogP contribution < -0.4 is 0 Å². The maximum absolute atomic E-state index is 5.85. The minimum absolute atomic E-state index is 0.722. The smallest absolute Gasteiger partial charge is 0.0817 e. The fraction of sp³-hybridized carbons (Fsp3) is 0. The van der Waals surface area contributed by atoms with Crippen LogP contribution in [0.1, 0.15) is 0 Å². The van der Waals surface area contributed by atoms with E-state index in [9.17, 15) is 0 Å². The zero-order chi connectivity index (χ0) is 11.4. The number of thiocarbonyl (C=S) groups is 1. The lowest BCUT2D eigenvalue weighted by molar-refractivity contribution is 1.53. The van der Waals surface area contributed by atoms with Crippen molar-refractivity contribution in [3.8, 4) is 11.1 Å². The van der Waals surface area contributed by atoms with E-state index in [2.05, 4.69) is 22.4 Å².